The van der Waals surface area contributed by atoms with E-state index in [0.717, 1.165) is 19.5 Å². The summed E-state index contributed by atoms with van der Waals surface area (Å²) < 4.78 is 0. The Morgan fingerprint density at radius 2 is 1.52 bits per heavy atom. The molecule has 0 aliphatic carbocycles. The van der Waals surface area contributed by atoms with Crippen LogP contribution in [0.2, 0.25) is 0 Å². The van der Waals surface area contributed by atoms with Crippen LogP contribution in [0.15, 0.2) is 24.3 Å². The lowest BCUT2D eigenvalue weighted by molar-refractivity contribution is 0.243. The maximum Gasteiger partial charge on any atom is 0.0449 e. The molecule has 0 spiro atoms. The molecule has 21 heavy (non-hydrogen) atoms. The van der Waals surface area contributed by atoms with Gasteiger partial charge in [-0.15, -0.1) is 0 Å². The van der Waals surface area contributed by atoms with E-state index >= 15 is 0 Å². The molecule has 1 atom stereocenters. The van der Waals surface area contributed by atoms with E-state index in [2.05, 4.69) is 62.2 Å². The summed E-state index contributed by atoms with van der Waals surface area (Å²) in [6, 6.07) is 9.62. The van der Waals surface area contributed by atoms with E-state index in [1.54, 1.807) is 0 Å². The summed E-state index contributed by atoms with van der Waals surface area (Å²) in [5, 5.41) is 3.73. The lowest BCUT2D eigenvalue weighted by atomic mass is 10.0. The van der Waals surface area contributed by atoms with E-state index in [-0.39, 0.29) is 0 Å². The van der Waals surface area contributed by atoms with Gasteiger partial charge in [-0.1, -0.05) is 52.0 Å². The number of aryl methyl sites for hydroxylation is 1. The largest absolute Gasteiger partial charge is 0.309 e. The quantitative estimate of drug-likeness (QED) is 0.649. The van der Waals surface area contributed by atoms with Gasteiger partial charge in [-0.3, -0.25) is 0 Å². The maximum atomic E-state index is 3.73. The van der Waals surface area contributed by atoms with Crippen LogP contribution >= 0.6 is 0 Å². The summed E-state index contributed by atoms with van der Waals surface area (Å²) in [6.07, 6.45) is 4.76. The molecule has 1 unspecified atom stereocenters. The third-order valence-electron chi connectivity index (χ3n) is 3.95. The van der Waals surface area contributed by atoms with Crippen molar-refractivity contribution in [1.82, 2.24) is 10.2 Å². The number of rotatable bonds is 11. The van der Waals surface area contributed by atoms with E-state index in [9.17, 15) is 0 Å². The van der Waals surface area contributed by atoms with E-state index in [1.165, 1.54) is 43.5 Å². The molecule has 0 fully saturated rings. The Kier molecular flexibility index (Phi) is 9.36. The maximum absolute atomic E-state index is 3.73. The lowest BCUT2D eigenvalue weighted by Gasteiger charge is -2.28. The second-order valence-corrected chi connectivity index (χ2v) is 5.90. The van der Waals surface area contributed by atoms with Gasteiger partial charge in [-0.25, -0.2) is 0 Å². The van der Waals surface area contributed by atoms with Gasteiger partial charge in [0, 0.05) is 12.6 Å². The SMILES string of the molecule is CCCNC(CN(CCC)CCC)c1ccc(CC)cc1. The second kappa shape index (κ2) is 10.8. The fourth-order valence-electron chi connectivity index (χ4n) is 2.78. The number of hydrogen-bond acceptors (Lipinski definition) is 2. The summed E-state index contributed by atoms with van der Waals surface area (Å²) in [6.45, 7) is 13.6. The van der Waals surface area contributed by atoms with Crippen LogP contribution in [0.3, 0.4) is 0 Å². The molecule has 1 aromatic rings. The Bertz CT molecular complexity index is 352. The van der Waals surface area contributed by atoms with E-state index < -0.39 is 0 Å². The molecule has 2 heteroatoms. The van der Waals surface area contributed by atoms with Crippen LogP contribution in [0.1, 0.15) is 64.1 Å². The van der Waals surface area contributed by atoms with Crippen LogP contribution < -0.4 is 5.32 Å². The van der Waals surface area contributed by atoms with Crippen molar-refractivity contribution in [3.8, 4) is 0 Å². The van der Waals surface area contributed by atoms with E-state index in [4.69, 9.17) is 0 Å². The van der Waals surface area contributed by atoms with Crippen molar-refractivity contribution in [2.75, 3.05) is 26.2 Å². The molecular weight excluding hydrogens is 256 g/mol. The number of nitrogens with one attached hydrogen (secondary N) is 1. The summed E-state index contributed by atoms with van der Waals surface area (Å²) in [5.41, 5.74) is 2.85. The smallest absolute Gasteiger partial charge is 0.0449 e. The van der Waals surface area contributed by atoms with Crippen LogP contribution in [0.4, 0.5) is 0 Å². The molecule has 120 valence electrons. The topological polar surface area (TPSA) is 15.3 Å². The van der Waals surface area contributed by atoms with Crippen molar-refractivity contribution in [3.05, 3.63) is 35.4 Å². The molecule has 1 aromatic carbocycles. The van der Waals surface area contributed by atoms with Gasteiger partial charge in [0.2, 0.25) is 0 Å². The van der Waals surface area contributed by atoms with E-state index in [1.807, 2.05) is 0 Å². The van der Waals surface area contributed by atoms with Crippen molar-refractivity contribution in [2.24, 2.45) is 0 Å². The third-order valence-corrected chi connectivity index (χ3v) is 3.95. The Balaban J connectivity index is 2.76. The van der Waals surface area contributed by atoms with Crippen LogP contribution in [0.25, 0.3) is 0 Å². The van der Waals surface area contributed by atoms with Gasteiger partial charge in [-0.2, -0.15) is 0 Å². The first kappa shape index (κ1) is 18.2. The molecule has 0 radical (unpaired) electrons. The monoisotopic (exact) mass is 290 g/mol. The Morgan fingerprint density at radius 1 is 0.905 bits per heavy atom. The fraction of sp³-hybridized carbons (Fsp3) is 0.684. The summed E-state index contributed by atoms with van der Waals surface area (Å²) in [5.74, 6) is 0. The molecule has 0 saturated carbocycles. The normalized spacial score (nSPS) is 12.8. The van der Waals surface area contributed by atoms with Gasteiger partial charge < -0.3 is 10.2 Å². The minimum absolute atomic E-state index is 0.453. The van der Waals surface area contributed by atoms with Gasteiger partial charge in [0.15, 0.2) is 0 Å². The number of hydrogen-bond donors (Lipinski definition) is 1. The molecular formula is C19H34N2. The first-order valence-electron chi connectivity index (χ1n) is 8.79. The summed E-state index contributed by atoms with van der Waals surface area (Å²) in [4.78, 5) is 2.60. The lowest BCUT2D eigenvalue weighted by Crippen LogP contribution is -2.36. The molecule has 0 bridgehead atoms. The van der Waals surface area contributed by atoms with Crippen molar-refractivity contribution in [2.45, 2.75) is 59.4 Å². The van der Waals surface area contributed by atoms with Gasteiger partial charge in [0.25, 0.3) is 0 Å². The van der Waals surface area contributed by atoms with Crippen LogP contribution in [-0.4, -0.2) is 31.1 Å². The number of nitrogens with zero attached hydrogens (tertiary/aromatic N) is 1. The number of benzene rings is 1. The van der Waals surface area contributed by atoms with Crippen molar-refractivity contribution in [1.29, 1.82) is 0 Å². The minimum atomic E-state index is 0.453. The van der Waals surface area contributed by atoms with Crippen molar-refractivity contribution >= 4 is 0 Å². The van der Waals surface area contributed by atoms with Crippen LogP contribution in [-0.2, 0) is 6.42 Å². The van der Waals surface area contributed by atoms with Crippen LogP contribution in [0, 0.1) is 0 Å². The zero-order valence-electron chi connectivity index (χ0n) is 14.5. The average Bonchev–Trinajstić information content (AvgIpc) is 2.52. The van der Waals surface area contributed by atoms with Crippen molar-refractivity contribution < 1.29 is 0 Å². The van der Waals surface area contributed by atoms with Crippen molar-refractivity contribution in [3.63, 3.8) is 0 Å². The summed E-state index contributed by atoms with van der Waals surface area (Å²) in [7, 11) is 0. The molecule has 0 saturated heterocycles. The molecule has 0 heterocycles. The highest BCUT2D eigenvalue weighted by Crippen LogP contribution is 2.16. The fourth-order valence-corrected chi connectivity index (χ4v) is 2.78. The zero-order valence-corrected chi connectivity index (χ0v) is 14.5. The van der Waals surface area contributed by atoms with Gasteiger partial charge >= 0.3 is 0 Å². The first-order valence-corrected chi connectivity index (χ1v) is 8.79. The predicted molar refractivity (Wildman–Crippen MR) is 93.9 cm³/mol. The second-order valence-electron chi connectivity index (χ2n) is 5.90. The highest BCUT2D eigenvalue weighted by atomic mass is 15.1. The highest BCUT2D eigenvalue weighted by molar-refractivity contribution is 5.25. The van der Waals surface area contributed by atoms with Crippen LogP contribution in [0.5, 0.6) is 0 Å². The molecule has 1 N–H and O–H groups in total. The molecule has 0 aliphatic heterocycles. The highest BCUT2D eigenvalue weighted by Gasteiger charge is 2.14. The third kappa shape index (κ3) is 6.62. The first-order chi connectivity index (χ1) is 10.2. The Hall–Kier alpha value is -0.860. The molecule has 1 rings (SSSR count). The standard InChI is InChI=1S/C19H34N2/c1-5-13-20-19(16-21(14-6-2)15-7-3)18-11-9-17(8-4)10-12-18/h9-12,19-20H,5-8,13-16H2,1-4H3. The zero-order chi connectivity index (χ0) is 15.5. The van der Waals surface area contributed by atoms with Gasteiger partial charge in [0.05, 0.1) is 0 Å². The molecule has 2 nitrogen and oxygen atoms in total. The Labute approximate surface area is 131 Å². The Morgan fingerprint density at radius 3 is 2.00 bits per heavy atom. The van der Waals surface area contributed by atoms with Gasteiger partial charge in [0.1, 0.15) is 0 Å². The molecule has 0 amide bonds. The predicted octanol–water partition coefficient (Wildman–Crippen LogP) is 4.41. The van der Waals surface area contributed by atoms with Gasteiger partial charge in [-0.05, 0) is 56.4 Å². The summed E-state index contributed by atoms with van der Waals surface area (Å²) >= 11 is 0. The molecule has 0 aliphatic rings. The minimum Gasteiger partial charge on any atom is -0.309 e. The average molecular weight is 290 g/mol. The molecule has 0 aromatic heterocycles. The van der Waals surface area contributed by atoms with E-state index in [0.29, 0.717) is 6.04 Å².